The Bertz CT molecular complexity index is 1090. The molecule has 0 radical (unpaired) electrons. The van der Waals surface area contributed by atoms with Crippen molar-refractivity contribution < 1.29 is 19.1 Å². The molecule has 2 aromatic carbocycles. The van der Waals surface area contributed by atoms with Crippen molar-refractivity contribution in [2.24, 2.45) is 0 Å². The molecule has 1 atom stereocenters. The van der Waals surface area contributed by atoms with Crippen molar-refractivity contribution in [2.75, 3.05) is 13.2 Å². The van der Waals surface area contributed by atoms with Gasteiger partial charge in [-0.05, 0) is 31.5 Å². The number of pyridine rings is 1. The van der Waals surface area contributed by atoms with Crippen LogP contribution in [-0.2, 0) is 9.53 Å². The number of aromatic nitrogens is 1. The van der Waals surface area contributed by atoms with Gasteiger partial charge in [0.25, 0.3) is 5.91 Å². The molecule has 1 aromatic heterocycles. The van der Waals surface area contributed by atoms with E-state index in [-0.39, 0.29) is 18.6 Å². The lowest BCUT2D eigenvalue weighted by atomic mass is 10.0. The van der Waals surface area contributed by atoms with Crippen LogP contribution in [0.15, 0.2) is 48.5 Å². The fourth-order valence-electron chi connectivity index (χ4n) is 3.76. The maximum atomic E-state index is 12.7. The first-order chi connectivity index (χ1) is 14.0. The monoisotopic (exact) mass is 390 g/mol. The Balaban J connectivity index is 1.44. The number of nitrogens with zero attached hydrogens (tertiary/aromatic N) is 1. The van der Waals surface area contributed by atoms with Crippen LogP contribution in [0.2, 0.25) is 0 Å². The number of benzene rings is 2. The Labute approximate surface area is 168 Å². The molecule has 0 saturated carbocycles. The summed E-state index contributed by atoms with van der Waals surface area (Å²) in [6, 6.07) is 15.1. The molecule has 1 N–H and O–H groups in total. The fraction of sp³-hybridized carbons (Fsp3) is 0.261. The Morgan fingerprint density at radius 2 is 1.90 bits per heavy atom. The van der Waals surface area contributed by atoms with Crippen molar-refractivity contribution in [2.45, 2.75) is 26.3 Å². The molecule has 1 aliphatic rings. The molecule has 29 heavy (non-hydrogen) atoms. The van der Waals surface area contributed by atoms with Gasteiger partial charge in [0.2, 0.25) is 0 Å². The molecule has 0 bridgehead atoms. The zero-order chi connectivity index (χ0) is 20.4. The molecule has 2 heterocycles. The average molecular weight is 390 g/mol. The second kappa shape index (κ2) is 7.91. The van der Waals surface area contributed by atoms with Crippen LogP contribution in [0.3, 0.4) is 0 Å². The van der Waals surface area contributed by atoms with Crippen LogP contribution < -0.4 is 10.1 Å². The minimum atomic E-state index is -0.541. The van der Waals surface area contributed by atoms with Gasteiger partial charge in [-0.1, -0.05) is 36.4 Å². The number of ether oxygens (including phenoxy) is 2. The highest BCUT2D eigenvalue weighted by Gasteiger charge is 2.24. The second-order valence-electron chi connectivity index (χ2n) is 7.09. The Morgan fingerprint density at radius 3 is 2.76 bits per heavy atom. The van der Waals surface area contributed by atoms with Crippen LogP contribution in [0, 0.1) is 13.8 Å². The summed E-state index contributed by atoms with van der Waals surface area (Å²) in [4.78, 5) is 29.5. The van der Waals surface area contributed by atoms with Crippen molar-refractivity contribution in [1.82, 2.24) is 10.3 Å². The third kappa shape index (κ3) is 3.78. The lowest BCUT2D eigenvalue weighted by Crippen LogP contribution is -2.35. The van der Waals surface area contributed by atoms with Gasteiger partial charge in [0.1, 0.15) is 5.75 Å². The molecule has 0 spiro atoms. The van der Waals surface area contributed by atoms with Crippen molar-refractivity contribution in [1.29, 1.82) is 0 Å². The molecule has 148 valence electrons. The number of hydrogen-bond acceptors (Lipinski definition) is 5. The van der Waals surface area contributed by atoms with Gasteiger partial charge in [-0.15, -0.1) is 0 Å². The number of fused-ring (bicyclic) bond motifs is 2. The van der Waals surface area contributed by atoms with E-state index in [2.05, 4.69) is 10.3 Å². The number of para-hydroxylation sites is 2. The van der Waals surface area contributed by atoms with E-state index in [1.54, 1.807) is 6.92 Å². The fourth-order valence-corrected chi connectivity index (χ4v) is 3.76. The summed E-state index contributed by atoms with van der Waals surface area (Å²) in [7, 11) is 0. The van der Waals surface area contributed by atoms with Gasteiger partial charge in [0, 0.05) is 17.4 Å². The Morgan fingerprint density at radius 1 is 1.14 bits per heavy atom. The van der Waals surface area contributed by atoms with Gasteiger partial charge >= 0.3 is 5.97 Å². The number of nitrogens with one attached hydrogen (secondary N) is 1. The summed E-state index contributed by atoms with van der Waals surface area (Å²) in [5, 5.41) is 3.83. The van der Waals surface area contributed by atoms with Crippen molar-refractivity contribution in [3.8, 4) is 5.75 Å². The second-order valence-corrected chi connectivity index (χ2v) is 7.09. The molecule has 1 aliphatic heterocycles. The summed E-state index contributed by atoms with van der Waals surface area (Å²) in [6.07, 6.45) is 0.670. The first kappa shape index (κ1) is 18.9. The molecular weight excluding hydrogens is 368 g/mol. The largest absolute Gasteiger partial charge is 0.493 e. The molecular formula is C23H22N2O4. The van der Waals surface area contributed by atoms with Crippen molar-refractivity contribution in [3.63, 3.8) is 0 Å². The molecule has 0 saturated heterocycles. The van der Waals surface area contributed by atoms with E-state index in [1.807, 2.05) is 55.5 Å². The van der Waals surface area contributed by atoms with Gasteiger partial charge < -0.3 is 14.8 Å². The van der Waals surface area contributed by atoms with Gasteiger partial charge in [-0.3, -0.25) is 9.78 Å². The number of hydrogen-bond donors (Lipinski definition) is 1. The van der Waals surface area contributed by atoms with E-state index >= 15 is 0 Å². The quantitative estimate of drug-likeness (QED) is 0.688. The highest BCUT2D eigenvalue weighted by Crippen LogP contribution is 2.31. The van der Waals surface area contributed by atoms with Crippen LogP contribution in [0.5, 0.6) is 5.75 Å². The summed E-state index contributed by atoms with van der Waals surface area (Å²) in [6.45, 7) is 3.83. The van der Waals surface area contributed by atoms with Crippen molar-refractivity contribution in [3.05, 3.63) is 70.9 Å². The number of aryl methyl sites for hydroxylation is 2. The van der Waals surface area contributed by atoms with Gasteiger partial charge in [0.05, 0.1) is 29.4 Å². The first-order valence-corrected chi connectivity index (χ1v) is 9.58. The maximum absolute atomic E-state index is 12.7. The minimum Gasteiger partial charge on any atom is -0.493 e. The van der Waals surface area contributed by atoms with Crippen molar-refractivity contribution >= 4 is 22.8 Å². The Kier molecular flexibility index (Phi) is 5.16. The minimum absolute atomic E-state index is 0.156. The lowest BCUT2D eigenvalue weighted by molar-refractivity contribution is -0.125. The molecule has 1 amide bonds. The molecule has 4 rings (SSSR count). The zero-order valence-electron chi connectivity index (χ0n) is 16.4. The molecule has 6 heteroatoms. The highest BCUT2D eigenvalue weighted by molar-refractivity contribution is 5.99. The van der Waals surface area contributed by atoms with Gasteiger partial charge in [-0.2, -0.15) is 0 Å². The summed E-state index contributed by atoms with van der Waals surface area (Å²) in [5.41, 5.74) is 3.56. The summed E-state index contributed by atoms with van der Waals surface area (Å²) >= 11 is 0. The SMILES string of the molecule is Cc1nc2ccccc2c(C)c1C(=O)OCC(=O)N[C@H]1CCOc2ccccc21. The lowest BCUT2D eigenvalue weighted by Gasteiger charge is -2.26. The van der Waals surface area contributed by atoms with Gasteiger partial charge in [0.15, 0.2) is 6.61 Å². The first-order valence-electron chi connectivity index (χ1n) is 9.58. The van der Waals surface area contributed by atoms with Crippen LogP contribution >= 0.6 is 0 Å². The third-order valence-electron chi connectivity index (χ3n) is 5.17. The topological polar surface area (TPSA) is 77.5 Å². The number of rotatable bonds is 4. The molecule has 0 unspecified atom stereocenters. The molecule has 0 aliphatic carbocycles. The molecule has 3 aromatic rings. The summed E-state index contributed by atoms with van der Waals surface area (Å²) in [5.74, 6) is -0.112. The van der Waals surface area contributed by atoms with Gasteiger partial charge in [-0.25, -0.2) is 4.79 Å². The smallest absolute Gasteiger partial charge is 0.340 e. The summed E-state index contributed by atoms with van der Waals surface area (Å²) < 4.78 is 10.9. The Hall–Kier alpha value is -3.41. The van der Waals surface area contributed by atoms with E-state index in [4.69, 9.17) is 9.47 Å². The van der Waals surface area contributed by atoms with Crippen LogP contribution in [-0.4, -0.2) is 30.1 Å². The normalized spacial score (nSPS) is 15.3. The van der Waals surface area contributed by atoms with Crippen LogP contribution in [0.1, 0.15) is 39.6 Å². The number of carbonyl (C=O) groups is 2. The molecule has 0 fully saturated rings. The number of amides is 1. The predicted octanol–water partition coefficient (Wildman–Crippen LogP) is 3.65. The van der Waals surface area contributed by atoms with E-state index in [9.17, 15) is 9.59 Å². The van der Waals surface area contributed by atoms with Crippen LogP contribution in [0.25, 0.3) is 10.9 Å². The number of esters is 1. The molecule has 6 nitrogen and oxygen atoms in total. The standard InChI is InChI=1S/C23H22N2O4/c1-14-16-7-3-5-9-18(16)24-15(2)22(14)23(27)29-13-21(26)25-19-11-12-28-20-10-6-4-8-17(19)20/h3-10,19H,11-13H2,1-2H3,(H,25,26)/t19-/m0/s1. The average Bonchev–Trinajstić information content (AvgIpc) is 2.72. The van der Waals surface area contributed by atoms with E-state index in [0.717, 1.165) is 27.8 Å². The zero-order valence-corrected chi connectivity index (χ0v) is 16.4. The van der Waals surface area contributed by atoms with E-state index in [1.165, 1.54) is 0 Å². The van der Waals surface area contributed by atoms with E-state index < -0.39 is 5.97 Å². The maximum Gasteiger partial charge on any atom is 0.340 e. The highest BCUT2D eigenvalue weighted by atomic mass is 16.5. The predicted molar refractivity (Wildman–Crippen MR) is 109 cm³/mol. The third-order valence-corrected chi connectivity index (χ3v) is 5.17. The van der Waals surface area contributed by atoms with Crippen LogP contribution in [0.4, 0.5) is 0 Å². The number of carbonyl (C=O) groups excluding carboxylic acids is 2. The van der Waals surface area contributed by atoms with E-state index in [0.29, 0.717) is 24.3 Å².